The zero-order valence-corrected chi connectivity index (χ0v) is 8.84. The Hall–Kier alpha value is -2.38. The highest BCUT2D eigenvalue weighted by Gasteiger charge is 2.45. The van der Waals surface area contributed by atoms with Gasteiger partial charge in [0.15, 0.2) is 0 Å². The molecule has 0 amide bonds. The van der Waals surface area contributed by atoms with Crippen LogP contribution in [0.5, 0.6) is 0 Å². The summed E-state index contributed by atoms with van der Waals surface area (Å²) in [4.78, 5) is 24.5. The minimum atomic E-state index is -2.79. The van der Waals surface area contributed by atoms with Crippen molar-refractivity contribution in [2.24, 2.45) is 11.0 Å². The molecule has 0 spiro atoms. The maximum atomic E-state index is 11.3. The number of ether oxygens (including phenoxy) is 1. The molecule has 9 heteroatoms. The van der Waals surface area contributed by atoms with Crippen LogP contribution in [-0.2, 0) is 24.6 Å². The summed E-state index contributed by atoms with van der Waals surface area (Å²) >= 11 is 0. The third-order valence-electron chi connectivity index (χ3n) is 2.24. The normalized spacial score (nSPS) is 22.1. The van der Waals surface area contributed by atoms with Crippen LogP contribution in [0.15, 0.2) is 28.5 Å². The summed E-state index contributed by atoms with van der Waals surface area (Å²) in [5, 5.41) is 3.15. The summed E-state index contributed by atoms with van der Waals surface area (Å²) in [7, 11) is -2.79. The highest BCUT2D eigenvalue weighted by atomic mass is 32.2. The quantitative estimate of drug-likeness (QED) is 0.161. The fourth-order valence-electron chi connectivity index (χ4n) is 1.58. The van der Waals surface area contributed by atoms with Crippen LogP contribution < -0.4 is 0 Å². The molecule has 0 radical (unpaired) electrons. The molecule has 1 fully saturated rings. The lowest BCUT2D eigenvalue weighted by molar-refractivity contribution is -0.151. The molecule has 1 atom stereocenters. The first-order valence-electron chi connectivity index (χ1n) is 4.25. The molecule has 0 saturated carbocycles. The second-order valence-electron chi connectivity index (χ2n) is 3.10. The van der Waals surface area contributed by atoms with Gasteiger partial charge < -0.3 is 4.74 Å². The van der Waals surface area contributed by atoms with Gasteiger partial charge in [-0.3, -0.25) is 4.79 Å². The van der Waals surface area contributed by atoms with E-state index in [1.807, 2.05) is 0 Å². The molecule has 2 rings (SSSR count). The van der Waals surface area contributed by atoms with Crippen LogP contribution >= 0.6 is 0 Å². The zero-order chi connectivity index (χ0) is 12.6. The molecule has 1 aliphatic heterocycles. The van der Waals surface area contributed by atoms with Crippen molar-refractivity contribution in [3.8, 4) is 0 Å². The van der Waals surface area contributed by atoms with E-state index < -0.39 is 33.0 Å². The van der Waals surface area contributed by atoms with Gasteiger partial charge in [0.25, 0.3) is 0 Å². The van der Waals surface area contributed by atoms with Crippen LogP contribution in [0, 0.1) is 5.92 Å². The van der Waals surface area contributed by atoms with E-state index >= 15 is 0 Å². The molecule has 1 heterocycles. The maximum Gasteiger partial charge on any atom is 0.342 e. The first kappa shape index (κ1) is 11.1. The van der Waals surface area contributed by atoms with E-state index in [1.54, 1.807) is 0 Å². The molecule has 0 aromatic rings. The van der Waals surface area contributed by atoms with Crippen LogP contribution in [-0.4, -0.2) is 25.2 Å². The summed E-state index contributed by atoms with van der Waals surface area (Å²) in [6, 6.07) is 0. The van der Waals surface area contributed by atoms with Crippen LogP contribution in [0.25, 0.3) is 10.4 Å². The first-order chi connectivity index (χ1) is 8.06. The number of carbonyl (C=O) groups is 2. The molecule has 0 N–H and O–H groups in total. The smallest absolute Gasteiger partial charge is 0.342 e. The molecular formula is C8H3N3O5S. The van der Waals surface area contributed by atoms with E-state index in [2.05, 4.69) is 14.8 Å². The van der Waals surface area contributed by atoms with Gasteiger partial charge in [-0.05, 0) is 5.53 Å². The number of allylic oxidation sites excluding steroid dienone is 3. The van der Waals surface area contributed by atoms with Gasteiger partial charge in [0.1, 0.15) is 10.8 Å². The van der Waals surface area contributed by atoms with E-state index in [4.69, 9.17) is 5.53 Å². The van der Waals surface area contributed by atoms with E-state index in [9.17, 15) is 18.0 Å². The molecule has 1 saturated heterocycles. The second-order valence-corrected chi connectivity index (χ2v) is 4.01. The molecular weight excluding hydrogens is 250 g/mol. The van der Waals surface area contributed by atoms with E-state index in [0.717, 1.165) is 6.08 Å². The Morgan fingerprint density at radius 1 is 1.35 bits per heavy atom. The van der Waals surface area contributed by atoms with Crippen molar-refractivity contribution >= 4 is 27.1 Å². The summed E-state index contributed by atoms with van der Waals surface area (Å²) in [6.45, 7) is 0. The van der Waals surface area contributed by atoms with Gasteiger partial charge in [0.2, 0.25) is 10.3 Å². The molecule has 0 bridgehead atoms. The van der Waals surface area contributed by atoms with Crippen molar-refractivity contribution in [1.82, 2.24) is 0 Å². The number of fused-ring (bicyclic) bond motifs is 1. The number of hydrogen-bond donors (Lipinski definition) is 0. The van der Waals surface area contributed by atoms with Gasteiger partial charge in [0, 0.05) is 4.91 Å². The lowest BCUT2D eigenvalue weighted by Gasteiger charge is -2.11. The number of hydrogen-bond acceptors (Lipinski definition) is 6. The minimum Gasteiger partial charge on any atom is -0.389 e. The van der Waals surface area contributed by atoms with Gasteiger partial charge in [-0.25, -0.2) is 4.79 Å². The number of cyclic esters (lactones) is 2. The molecule has 8 nitrogen and oxygen atoms in total. The van der Waals surface area contributed by atoms with Gasteiger partial charge in [-0.2, -0.15) is 8.42 Å². The Morgan fingerprint density at radius 3 is 2.65 bits per heavy atom. The molecule has 1 aliphatic carbocycles. The Kier molecular flexibility index (Phi) is 2.54. The fourth-order valence-corrected chi connectivity index (χ4v) is 2.27. The molecule has 1 unspecified atom stereocenters. The van der Waals surface area contributed by atoms with Crippen LogP contribution in [0.3, 0.4) is 0 Å². The summed E-state index contributed by atoms with van der Waals surface area (Å²) in [6.07, 6.45) is 2.36. The summed E-state index contributed by atoms with van der Waals surface area (Å²) in [5.74, 6) is -3.20. The van der Waals surface area contributed by atoms with Crippen molar-refractivity contribution in [3.63, 3.8) is 0 Å². The third-order valence-corrected chi connectivity index (χ3v) is 3.05. The Morgan fingerprint density at radius 2 is 2.06 bits per heavy atom. The lowest BCUT2D eigenvalue weighted by atomic mass is 9.92. The van der Waals surface area contributed by atoms with Gasteiger partial charge >= 0.3 is 11.9 Å². The van der Waals surface area contributed by atoms with Crippen LogP contribution in [0.4, 0.5) is 0 Å². The molecule has 17 heavy (non-hydrogen) atoms. The molecule has 86 valence electrons. The van der Waals surface area contributed by atoms with Crippen molar-refractivity contribution < 1.29 is 22.7 Å². The maximum absolute atomic E-state index is 11.3. The molecule has 2 aliphatic rings. The molecule has 0 aromatic carbocycles. The van der Waals surface area contributed by atoms with Gasteiger partial charge in [-0.1, -0.05) is 17.3 Å². The van der Waals surface area contributed by atoms with Crippen LogP contribution in [0.2, 0.25) is 0 Å². The number of carbonyl (C=O) groups excluding carboxylic acids is 2. The largest absolute Gasteiger partial charge is 0.389 e. The Bertz CT molecular complexity index is 670. The summed E-state index contributed by atoms with van der Waals surface area (Å²) < 4.78 is 26.4. The first-order valence-corrected chi connectivity index (χ1v) is 5.33. The zero-order valence-electron chi connectivity index (χ0n) is 8.02. The predicted molar refractivity (Wildman–Crippen MR) is 53.8 cm³/mol. The average Bonchev–Trinajstić information content (AvgIpc) is 2.54. The highest BCUT2D eigenvalue weighted by molar-refractivity contribution is 7.73. The lowest BCUT2D eigenvalue weighted by Crippen LogP contribution is -2.25. The van der Waals surface area contributed by atoms with Crippen molar-refractivity contribution in [3.05, 3.63) is 33.9 Å². The Labute approximate surface area is 95.3 Å². The minimum absolute atomic E-state index is 0.0777. The highest BCUT2D eigenvalue weighted by Crippen LogP contribution is 2.30. The summed E-state index contributed by atoms with van der Waals surface area (Å²) in [5.41, 5.74) is 7.98. The van der Waals surface area contributed by atoms with E-state index in [-0.39, 0.29) is 11.3 Å². The third kappa shape index (κ3) is 1.63. The van der Waals surface area contributed by atoms with E-state index in [1.165, 1.54) is 6.08 Å². The topological polar surface area (TPSA) is 126 Å². The SMILES string of the molecule is [N-]=[N+]=NC1=CC=C2C(=O)OC(=O)C2C1=S(=O)=O. The average molecular weight is 253 g/mol. The number of azide groups is 1. The molecule has 0 aromatic heterocycles. The van der Waals surface area contributed by atoms with E-state index in [0.29, 0.717) is 0 Å². The number of nitrogens with zero attached hydrogens (tertiary/aromatic N) is 3. The standard InChI is InChI=1S/C8H3N3O5S/c9-11-10-4-2-1-3-5(6(4)17(14)15)8(13)16-7(3)12/h1-2,5H. The van der Waals surface area contributed by atoms with Gasteiger partial charge in [-0.15, -0.1) is 0 Å². The van der Waals surface area contributed by atoms with Crippen molar-refractivity contribution in [2.75, 3.05) is 0 Å². The van der Waals surface area contributed by atoms with Crippen LogP contribution in [0.1, 0.15) is 0 Å². The number of esters is 2. The number of rotatable bonds is 1. The second kappa shape index (κ2) is 3.89. The van der Waals surface area contributed by atoms with Gasteiger partial charge in [0.05, 0.1) is 11.3 Å². The van der Waals surface area contributed by atoms with Crippen molar-refractivity contribution in [1.29, 1.82) is 0 Å². The monoisotopic (exact) mass is 253 g/mol. The van der Waals surface area contributed by atoms with Crippen molar-refractivity contribution in [2.45, 2.75) is 0 Å². The Balaban J connectivity index is 2.72. The fraction of sp³-hybridized carbons (Fsp3) is 0.125. The predicted octanol–water partition coefficient (Wildman–Crippen LogP) is -0.128.